The van der Waals surface area contributed by atoms with Gasteiger partial charge in [0.2, 0.25) is 5.54 Å². The quantitative estimate of drug-likeness (QED) is 0.336. The monoisotopic (exact) mass is 520 g/mol. The van der Waals surface area contributed by atoms with Gasteiger partial charge in [-0.15, -0.1) is 0 Å². The molecule has 9 heteroatoms. The molecule has 2 aliphatic heterocycles. The Morgan fingerprint density at radius 1 is 1.08 bits per heavy atom. The molecule has 1 atom stereocenters. The Morgan fingerprint density at radius 3 is 2.46 bits per heavy atom. The number of Topliss-reactive ketones (excluding diaryl/α,β-unsaturated/α-hetero) is 1. The predicted molar refractivity (Wildman–Crippen MR) is 138 cm³/mol. The van der Waals surface area contributed by atoms with Crippen LogP contribution in [0.15, 0.2) is 64.9 Å². The van der Waals surface area contributed by atoms with Crippen molar-refractivity contribution in [3.63, 3.8) is 0 Å². The number of aliphatic carboxylic acids is 2. The fourth-order valence-electron chi connectivity index (χ4n) is 5.97. The molecule has 4 N–H and O–H groups in total. The first-order chi connectivity index (χ1) is 17.7. The van der Waals surface area contributed by atoms with Gasteiger partial charge in [0, 0.05) is 33.7 Å². The molecular weight excluding hydrogens is 496 g/mol. The summed E-state index contributed by atoms with van der Waals surface area (Å²) in [6.45, 7) is 3.68. The van der Waals surface area contributed by atoms with Gasteiger partial charge in [0.1, 0.15) is 5.75 Å². The van der Waals surface area contributed by atoms with E-state index in [0.717, 1.165) is 10.9 Å². The summed E-state index contributed by atoms with van der Waals surface area (Å²) < 4.78 is 0. The second-order valence-electron chi connectivity index (χ2n) is 9.12. The lowest BCUT2D eigenvalue weighted by atomic mass is 9.70. The van der Waals surface area contributed by atoms with Crippen LogP contribution in [0.25, 0.3) is 10.9 Å². The van der Waals surface area contributed by atoms with Crippen molar-refractivity contribution in [1.82, 2.24) is 9.88 Å². The number of carboxylic acid groups (broad SMARTS) is 2. The van der Waals surface area contributed by atoms with E-state index >= 15 is 0 Å². The fourth-order valence-corrected chi connectivity index (χ4v) is 6.14. The molecule has 0 amide bonds. The summed E-state index contributed by atoms with van der Waals surface area (Å²) in [7, 11) is 0. The number of ketones is 1. The number of hydrogen-bond acceptors (Lipinski definition) is 5. The lowest BCUT2D eigenvalue weighted by Crippen LogP contribution is -2.60. The second kappa shape index (κ2) is 8.81. The molecule has 0 radical (unpaired) electrons. The summed E-state index contributed by atoms with van der Waals surface area (Å²) in [6.07, 6.45) is 0.811. The average Bonchev–Trinajstić information content (AvgIpc) is 3.26. The molecule has 8 nitrogen and oxygen atoms in total. The summed E-state index contributed by atoms with van der Waals surface area (Å²) in [5, 5.41) is 32.9. The average molecular weight is 521 g/mol. The van der Waals surface area contributed by atoms with E-state index in [4.69, 9.17) is 11.6 Å². The van der Waals surface area contributed by atoms with E-state index in [2.05, 4.69) is 4.98 Å². The van der Waals surface area contributed by atoms with Crippen molar-refractivity contribution in [2.45, 2.75) is 38.6 Å². The van der Waals surface area contributed by atoms with E-state index in [1.54, 1.807) is 18.7 Å². The molecule has 3 heterocycles. The molecule has 2 aromatic carbocycles. The summed E-state index contributed by atoms with van der Waals surface area (Å²) >= 11 is 6.11. The Morgan fingerprint density at radius 2 is 1.81 bits per heavy atom. The topological polar surface area (TPSA) is 131 Å². The Hall–Kier alpha value is -4.04. The van der Waals surface area contributed by atoms with Crippen molar-refractivity contribution in [3.05, 3.63) is 86.7 Å². The summed E-state index contributed by atoms with van der Waals surface area (Å²) in [5.74, 6) is -3.66. The number of fused-ring (bicyclic) bond motifs is 5. The first-order valence-electron chi connectivity index (χ1n) is 12.0. The Kier molecular flexibility index (Phi) is 5.87. The number of carbonyl (C=O) groups is 3. The molecule has 190 valence electrons. The van der Waals surface area contributed by atoms with E-state index in [1.807, 2.05) is 24.3 Å². The molecule has 0 aliphatic carbocycles. The molecule has 37 heavy (non-hydrogen) atoms. The van der Waals surface area contributed by atoms with Gasteiger partial charge in [-0.25, -0.2) is 9.59 Å². The van der Waals surface area contributed by atoms with E-state index in [0.29, 0.717) is 23.3 Å². The van der Waals surface area contributed by atoms with Gasteiger partial charge < -0.3 is 25.2 Å². The number of phenols is 1. The van der Waals surface area contributed by atoms with E-state index in [1.165, 1.54) is 18.2 Å². The largest absolute Gasteiger partial charge is 0.507 e. The number of carboxylic acids is 2. The van der Waals surface area contributed by atoms with Crippen molar-refractivity contribution in [3.8, 4) is 5.75 Å². The van der Waals surface area contributed by atoms with Gasteiger partial charge in [-0.05, 0) is 54.7 Å². The summed E-state index contributed by atoms with van der Waals surface area (Å²) in [5.41, 5.74) is -0.124. The van der Waals surface area contributed by atoms with Crippen LogP contribution in [0.4, 0.5) is 0 Å². The van der Waals surface area contributed by atoms with Crippen LogP contribution in [0.5, 0.6) is 5.75 Å². The number of halogens is 1. The highest BCUT2D eigenvalue weighted by Crippen LogP contribution is 2.52. The molecule has 0 bridgehead atoms. The van der Waals surface area contributed by atoms with Crippen LogP contribution >= 0.6 is 11.6 Å². The van der Waals surface area contributed by atoms with Gasteiger partial charge in [0.25, 0.3) is 0 Å². The smallest absolute Gasteiger partial charge is 0.340 e. The number of H-pyrrole nitrogens is 1. The van der Waals surface area contributed by atoms with Gasteiger partial charge in [0.15, 0.2) is 5.78 Å². The number of phenolic OH excluding ortho intramolecular Hbond substituents is 1. The normalized spacial score (nSPS) is 19.2. The minimum Gasteiger partial charge on any atom is -0.507 e. The number of allylic oxidation sites excluding steroid dienone is 3. The molecule has 1 unspecified atom stereocenters. The number of aromatic nitrogens is 1. The maximum Gasteiger partial charge on any atom is 0.340 e. The third kappa shape index (κ3) is 3.32. The number of hydrogen-bond donors (Lipinski definition) is 4. The molecule has 3 aromatic rings. The number of rotatable bonds is 6. The molecule has 0 spiro atoms. The minimum atomic E-state index is -2.06. The number of aromatic amines is 1. The molecule has 1 aromatic heterocycles. The molecule has 0 saturated heterocycles. The van der Waals surface area contributed by atoms with Crippen LogP contribution in [-0.4, -0.2) is 49.5 Å². The van der Waals surface area contributed by atoms with Gasteiger partial charge >= 0.3 is 11.9 Å². The van der Waals surface area contributed by atoms with Gasteiger partial charge in [-0.2, -0.15) is 0 Å². The SMILES string of the molecule is CCC1=C(C(=O)O)C2(C(=O)O)c3[nH]c4ccccc4c3CCN2C(CC)=C1C(=O)c1cc(Cl)ccc1O. The first-order valence-corrected chi connectivity index (χ1v) is 12.4. The Bertz CT molecular complexity index is 1570. The van der Waals surface area contributed by atoms with Crippen LogP contribution in [0.3, 0.4) is 0 Å². The lowest BCUT2D eigenvalue weighted by molar-refractivity contribution is -0.153. The van der Waals surface area contributed by atoms with E-state index < -0.39 is 23.3 Å². The summed E-state index contributed by atoms with van der Waals surface area (Å²) in [6, 6.07) is 11.5. The summed E-state index contributed by atoms with van der Waals surface area (Å²) in [4.78, 5) is 45.0. The third-order valence-electron chi connectivity index (χ3n) is 7.39. The number of nitrogens with one attached hydrogen (secondary N) is 1. The molecule has 2 aliphatic rings. The molecule has 0 fully saturated rings. The molecule has 5 rings (SSSR count). The highest BCUT2D eigenvalue weighted by atomic mass is 35.5. The minimum absolute atomic E-state index is 0.0738. The van der Waals surface area contributed by atoms with Crippen molar-refractivity contribution >= 4 is 40.2 Å². The zero-order chi connectivity index (χ0) is 26.6. The van der Waals surface area contributed by atoms with Crippen LogP contribution in [0, 0.1) is 0 Å². The van der Waals surface area contributed by atoms with E-state index in [-0.39, 0.29) is 52.4 Å². The van der Waals surface area contributed by atoms with Crippen LogP contribution in [0.1, 0.15) is 48.3 Å². The standard InChI is InChI=1S/C28H25ClN2O6/c1-3-15-22(24(33)18-13-14(29)9-10-21(18)32)20(4-2)31-12-11-17-16-7-5-6-8-19(16)30-25(17)28(31,27(36)37)23(15)26(34)35/h5-10,13,30,32H,3-4,11-12H2,1-2H3,(H,34,35)(H,36,37). The van der Waals surface area contributed by atoms with Gasteiger partial charge in [0.05, 0.1) is 16.8 Å². The van der Waals surface area contributed by atoms with Crippen molar-refractivity contribution in [1.29, 1.82) is 0 Å². The molecular formula is C28H25ClN2O6. The Labute approximate surface area is 217 Å². The number of aromatic hydroxyl groups is 1. The third-order valence-corrected chi connectivity index (χ3v) is 7.62. The number of benzene rings is 2. The second-order valence-corrected chi connectivity index (χ2v) is 9.56. The van der Waals surface area contributed by atoms with Crippen molar-refractivity contribution < 1.29 is 29.7 Å². The van der Waals surface area contributed by atoms with E-state index in [9.17, 15) is 29.7 Å². The lowest BCUT2D eigenvalue weighted by Gasteiger charge is -2.50. The maximum atomic E-state index is 13.9. The maximum absolute atomic E-state index is 13.9. The molecule has 0 saturated carbocycles. The zero-order valence-corrected chi connectivity index (χ0v) is 21.0. The Balaban J connectivity index is 1.89. The van der Waals surface area contributed by atoms with Crippen LogP contribution in [-0.2, 0) is 21.5 Å². The van der Waals surface area contributed by atoms with Crippen LogP contribution in [0.2, 0.25) is 5.02 Å². The predicted octanol–water partition coefficient (Wildman–Crippen LogP) is 5.02. The number of para-hydroxylation sites is 1. The first kappa shape index (κ1) is 24.6. The highest BCUT2D eigenvalue weighted by Gasteiger charge is 2.60. The van der Waals surface area contributed by atoms with Crippen LogP contribution < -0.4 is 0 Å². The van der Waals surface area contributed by atoms with Crippen molar-refractivity contribution in [2.75, 3.05) is 6.54 Å². The number of nitrogens with zero attached hydrogens (tertiary/aromatic N) is 1. The highest BCUT2D eigenvalue weighted by molar-refractivity contribution is 6.31. The van der Waals surface area contributed by atoms with Gasteiger partial charge in [-0.3, -0.25) is 4.79 Å². The van der Waals surface area contributed by atoms with Gasteiger partial charge in [-0.1, -0.05) is 43.6 Å². The van der Waals surface area contributed by atoms with Crippen molar-refractivity contribution in [2.24, 2.45) is 0 Å². The number of carbonyl (C=O) groups excluding carboxylic acids is 1. The fraction of sp³-hybridized carbons (Fsp3) is 0.250. The zero-order valence-electron chi connectivity index (χ0n) is 20.3.